The minimum absolute atomic E-state index is 0.119. The molecule has 0 saturated carbocycles. The van der Waals surface area contributed by atoms with Gasteiger partial charge in [-0.1, -0.05) is 0 Å². The highest BCUT2D eigenvalue weighted by atomic mass is 16.5. The van der Waals surface area contributed by atoms with Gasteiger partial charge in [-0.2, -0.15) is 0 Å². The summed E-state index contributed by atoms with van der Waals surface area (Å²) in [7, 11) is 0. The number of anilines is 1. The fraction of sp³-hybridized carbons (Fsp3) is 0.333. The summed E-state index contributed by atoms with van der Waals surface area (Å²) in [6.07, 6.45) is 0. The van der Waals surface area contributed by atoms with E-state index < -0.39 is 0 Å². The first-order valence-corrected chi connectivity index (χ1v) is 5.45. The first-order chi connectivity index (χ1) is 8.54. The number of hydrogen-bond donors (Lipinski definition) is 3. The third-order valence-electron chi connectivity index (χ3n) is 2.21. The second-order valence-corrected chi connectivity index (χ2v) is 3.67. The van der Waals surface area contributed by atoms with Gasteiger partial charge < -0.3 is 20.9 Å². The summed E-state index contributed by atoms with van der Waals surface area (Å²) in [6, 6.07) is 4.63. The van der Waals surface area contributed by atoms with Gasteiger partial charge in [-0.25, -0.2) is 0 Å². The van der Waals surface area contributed by atoms with Crippen LogP contribution in [-0.4, -0.2) is 36.6 Å². The van der Waals surface area contributed by atoms with Gasteiger partial charge in [0.05, 0.1) is 6.61 Å². The van der Waals surface area contributed by atoms with Crippen LogP contribution in [0.4, 0.5) is 5.69 Å². The van der Waals surface area contributed by atoms with Crippen LogP contribution < -0.4 is 15.8 Å². The lowest BCUT2D eigenvalue weighted by Gasteiger charge is -2.08. The number of Topliss-reactive ketones (excluding diaryl/α,β-unsaturated/α-hetero) is 1. The highest BCUT2D eigenvalue weighted by Crippen LogP contribution is 2.20. The molecule has 0 aromatic heterocycles. The summed E-state index contributed by atoms with van der Waals surface area (Å²) < 4.78 is 5.20. The van der Waals surface area contributed by atoms with Crippen LogP contribution in [0.2, 0.25) is 0 Å². The largest absolute Gasteiger partial charge is 0.484 e. The SMILES string of the molecule is CC(=O)c1ccc(OCC(=O)NCCO)cc1N. The molecule has 6 heteroatoms. The van der Waals surface area contributed by atoms with Crippen molar-refractivity contribution in [2.45, 2.75) is 6.92 Å². The molecular weight excluding hydrogens is 236 g/mol. The molecule has 1 aromatic rings. The standard InChI is InChI=1S/C12H16N2O4/c1-8(16)10-3-2-9(6-11(10)13)18-7-12(17)14-4-5-15/h2-3,6,15H,4-5,7,13H2,1H3,(H,14,17). The maximum Gasteiger partial charge on any atom is 0.258 e. The molecule has 0 heterocycles. The first-order valence-electron chi connectivity index (χ1n) is 5.45. The maximum atomic E-state index is 11.2. The number of rotatable bonds is 6. The number of nitrogens with two attached hydrogens (primary N) is 1. The van der Waals surface area contributed by atoms with E-state index >= 15 is 0 Å². The molecule has 0 aliphatic rings. The minimum Gasteiger partial charge on any atom is -0.484 e. The van der Waals surface area contributed by atoms with Gasteiger partial charge in [0.1, 0.15) is 5.75 Å². The Labute approximate surface area is 105 Å². The van der Waals surface area contributed by atoms with E-state index in [1.165, 1.54) is 13.0 Å². The van der Waals surface area contributed by atoms with Gasteiger partial charge in [0, 0.05) is 23.9 Å². The Morgan fingerprint density at radius 1 is 1.44 bits per heavy atom. The molecule has 1 amide bonds. The van der Waals surface area contributed by atoms with Crippen LogP contribution in [-0.2, 0) is 4.79 Å². The zero-order chi connectivity index (χ0) is 13.5. The van der Waals surface area contributed by atoms with Crippen molar-refractivity contribution in [1.82, 2.24) is 5.32 Å². The normalized spacial score (nSPS) is 9.89. The monoisotopic (exact) mass is 252 g/mol. The summed E-state index contributed by atoms with van der Waals surface area (Å²) in [6.45, 7) is 1.33. The fourth-order valence-electron chi connectivity index (χ4n) is 1.35. The van der Waals surface area contributed by atoms with Crippen LogP contribution >= 0.6 is 0 Å². The Balaban J connectivity index is 2.56. The minimum atomic E-state index is -0.335. The smallest absolute Gasteiger partial charge is 0.258 e. The van der Waals surface area contributed by atoms with E-state index in [-0.39, 0.29) is 31.4 Å². The number of nitrogens with one attached hydrogen (secondary N) is 1. The van der Waals surface area contributed by atoms with Crippen LogP contribution in [0.3, 0.4) is 0 Å². The Morgan fingerprint density at radius 3 is 2.72 bits per heavy atom. The highest BCUT2D eigenvalue weighted by molar-refractivity contribution is 5.99. The van der Waals surface area contributed by atoms with Crippen molar-refractivity contribution in [1.29, 1.82) is 0 Å². The molecule has 0 saturated heterocycles. The second kappa shape index (κ2) is 6.61. The van der Waals surface area contributed by atoms with E-state index in [0.29, 0.717) is 17.0 Å². The van der Waals surface area contributed by atoms with E-state index in [1.54, 1.807) is 12.1 Å². The number of nitrogen functional groups attached to an aromatic ring is 1. The summed E-state index contributed by atoms with van der Waals surface area (Å²) >= 11 is 0. The zero-order valence-corrected chi connectivity index (χ0v) is 10.1. The summed E-state index contributed by atoms with van der Waals surface area (Å²) in [4.78, 5) is 22.4. The Hall–Kier alpha value is -2.08. The van der Waals surface area contributed by atoms with Gasteiger partial charge in [0.15, 0.2) is 12.4 Å². The van der Waals surface area contributed by atoms with E-state index in [9.17, 15) is 9.59 Å². The van der Waals surface area contributed by atoms with E-state index in [0.717, 1.165) is 0 Å². The predicted octanol–water partition coefficient (Wildman–Crippen LogP) is -0.0413. The number of carbonyl (C=O) groups excluding carboxylic acids is 2. The lowest BCUT2D eigenvalue weighted by molar-refractivity contribution is -0.123. The first kappa shape index (κ1) is 14.0. The maximum absolute atomic E-state index is 11.2. The van der Waals surface area contributed by atoms with Crippen molar-refractivity contribution >= 4 is 17.4 Å². The number of ketones is 1. The summed E-state index contributed by atoms with van der Waals surface area (Å²) in [5, 5.41) is 11.0. The third kappa shape index (κ3) is 4.06. The number of hydrogen-bond acceptors (Lipinski definition) is 5. The van der Waals surface area contributed by atoms with Crippen LogP contribution in [0.5, 0.6) is 5.75 Å². The Kier molecular flexibility index (Phi) is 5.13. The lowest BCUT2D eigenvalue weighted by atomic mass is 10.1. The van der Waals surface area contributed by atoms with Gasteiger partial charge in [0.2, 0.25) is 0 Å². The van der Waals surface area contributed by atoms with Crippen molar-refractivity contribution < 1.29 is 19.4 Å². The van der Waals surface area contributed by atoms with Crippen LogP contribution in [0.25, 0.3) is 0 Å². The van der Waals surface area contributed by atoms with Crippen molar-refractivity contribution in [2.75, 3.05) is 25.5 Å². The zero-order valence-electron chi connectivity index (χ0n) is 10.1. The van der Waals surface area contributed by atoms with Crippen molar-refractivity contribution in [3.8, 4) is 5.75 Å². The van der Waals surface area contributed by atoms with Crippen LogP contribution in [0.1, 0.15) is 17.3 Å². The van der Waals surface area contributed by atoms with Gasteiger partial charge in [0.25, 0.3) is 5.91 Å². The molecule has 1 aromatic carbocycles. The molecule has 1 rings (SSSR count). The number of amides is 1. The molecule has 6 nitrogen and oxygen atoms in total. The van der Waals surface area contributed by atoms with E-state index in [1.807, 2.05) is 0 Å². The quantitative estimate of drug-likeness (QED) is 0.487. The molecule has 0 radical (unpaired) electrons. The lowest BCUT2D eigenvalue weighted by Crippen LogP contribution is -2.31. The molecule has 18 heavy (non-hydrogen) atoms. The Bertz CT molecular complexity index is 446. The molecule has 0 fully saturated rings. The number of carbonyl (C=O) groups is 2. The summed E-state index contributed by atoms with van der Waals surface area (Å²) in [5.41, 5.74) is 6.41. The number of ether oxygens (including phenoxy) is 1. The molecule has 4 N–H and O–H groups in total. The molecule has 0 bridgehead atoms. The van der Waals surface area contributed by atoms with Gasteiger partial charge in [-0.3, -0.25) is 9.59 Å². The molecule has 0 atom stereocenters. The van der Waals surface area contributed by atoms with Crippen molar-refractivity contribution in [3.05, 3.63) is 23.8 Å². The summed E-state index contributed by atoms with van der Waals surface area (Å²) in [5.74, 6) is -0.0466. The third-order valence-corrected chi connectivity index (χ3v) is 2.21. The van der Waals surface area contributed by atoms with Gasteiger partial charge in [-0.15, -0.1) is 0 Å². The van der Waals surface area contributed by atoms with Crippen LogP contribution in [0, 0.1) is 0 Å². The fourth-order valence-corrected chi connectivity index (χ4v) is 1.35. The van der Waals surface area contributed by atoms with Crippen molar-refractivity contribution in [2.24, 2.45) is 0 Å². The number of benzene rings is 1. The van der Waals surface area contributed by atoms with Crippen molar-refractivity contribution in [3.63, 3.8) is 0 Å². The predicted molar refractivity (Wildman–Crippen MR) is 66.4 cm³/mol. The molecule has 0 aliphatic carbocycles. The molecule has 0 unspecified atom stereocenters. The van der Waals surface area contributed by atoms with E-state index in [4.69, 9.17) is 15.6 Å². The number of aliphatic hydroxyl groups excluding tert-OH is 1. The second-order valence-electron chi connectivity index (χ2n) is 3.67. The molecule has 0 aliphatic heterocycles. The van der Waals surface area contributed by atoms with Crippen LogP contribution in [0.15, 0.2) is 18.2 Å². The average molecular weight is 252 g/mol. The average Bonchev–Trinajstić information content (AvgIpc) is 2.33. The Morgan fingerprint density at radius 2 is 2.17 bits per heavy atom. The van der Waals surface area contributed by atoms with Gasteiger partial charge in [-0.05, 0) is 19.1 Å². The van der Waals surface area contributed by atoms with E-state index in [2.05, 4.69) is 5.32 Å². The molecule has 98 valence electrons. The van der Waals surface area contributed by atoms with Gasteiger partial charge >= 0.3 is 0 Å². The topological polar surface area (TPSA) is 102 Å². The molecule has 0 spiro atoms. The molecular formula is C12H16N2O4. The highest BCUT2D eigenvalue weighted by Gasteiger charge is 2.07. The number of aliphatic hydroxyl groups is 1.